The van der Waals surface area contributed by atoms with Gasteiger partial charge in [0, 0.05) is 11.3 Å². The number of fused-ring (bicyclic) bond motifs is 1. The maximum atomic E-state index is 13.4. The van der Waals surface area contributed by atoms with Crippen LogP contribution < -0.4 is 4.74 Å². The zero-order valence-corrected chi connectivity index (χ0v) is 8.43. The van der Waals surface area contributed by atoms with Crippen molar-refractivity contribution in [3.63, 3.8) is 0 Å². The smallest absolute Gasteiger partial charge is 0.165 e. The first-order chi connectivity index (χ1) is 7.19. The van der Waals surface area contributed by atoms with Crippen molar-refractivity contribution in [1.82, 2.24) is 4.98 Å². The Morgan fingerprint density at radius 1 is 1.47 bits per heavy atom. The molecule has 0 amide bonds. The Bertz CT molecular complexity index is 531. The second kappa shape index (κ2) is 3.38. The number of halogens is 1. The van der Waals surface area contributed by atoms with Crippen LogP contribution in [-0.4, -0.2) is 18.4 Å². The highest BCUT2D eigenvalue weighted by atomic mass is 19.1. The minimum absolute atomic E-state index is 0.110. The molecule has 0 spiro atoms. The average Bonchev–Trinajstić information content (AvgIpc) is 2.54. The predicted molar refractivity (Wildman–Crippen MR) is 54.9 cm³/mol. The molecule has 1 heterocycles. The van der Waals surface area contributed by atoms with Gasteiger partial charge in [-0.15, -0.1) is 0 Å². The lowest BCUT2D eigenvalue weighted by molar-refractivity contribution is 0.112. The van der Waals surface area contributed by atoms with Crippen molar-refractivity contribution in [2.75, 3.05) is 7.11 Å². The number of hydrogen-bond acceptors (Lipinski definition) is 2. The minimum atomic E-state index is -0.466. The first kappa shape index (κ1) is 9.71. The van der Waals surface area contributed by atoms with E-state index >= 15 is 0 Å². The van der Waals surface area contributed by atoms with Crippen molar-refractivity contribution in [3.8, 4) is 5.75 Å². The zero-order chi connectivity index (χ0) is 11.0. The van der Waals surface area contributed by atoms with Crippen LogP contribution in [-0.2, 0) is 0 Å². The van der Waals surface area contributed by atoms with Gasteiger partial charge >= 0.3 is 0 Å². The third-order valence-corrected chi connectivity index (χ3v) is 2.43. The fourth-order valence-electron chi connectivity index (χ4n) is 1.73. The largest absolute Gasteiger partial charge is 0.493 e. The third kappa shape index (κ3) is 1.29. The van der Waals surface area contributed by atoms with E-state index in [9.17, 15) is 9.18 Å². The summed E-state index contributed by atoms with van der Waals surface area (Å²) in [5.41, 5.74) is 1.86. The number of aromatic nitrogens is 1. The van der Waals surface area contributed by atoms with Gasteiger partial charge in [-0.25, -0.2) is 4.39 Å². The van der Waals surface area contributed by atoms with Crippen LogP contribution >= 0.6 is 0 Å². The summed E-state index contributed by atoms with van der Waals surface area (Å²) >= 11 is 0. The number of aldehydes is 1. The van der Waals surface area contributed by atoms with E-state index in [1.807, 2.05) is 0 Å². The molecule has 0 radical (unpaired) electrons. The van der Waals surface area contributed by atoms with Crippen LogP contribution in [0.15, 0.2) is 12.1 Å². The second-order valence-corrected chi connectivity index (χ2v) is 3.28. The number of nitrogens with one attached hydrogen (secondary N) is 1. The van der Waals surface area contributed by atoms with E-state index in [2.05, 4.69) is 4.98 Å². The van der Waals surface area contributed by atoms with Gasteiger partial charge in [-0.05, 0) is 19.1 Å². The van der Waals surface area contributed by atoms with Crippen LogP contribution in [0.2, 0.25) is 0 Å². The van der Waals surface area contributed by atoms with E-state index in [0.29, 0.717) is 28.4 Å². The number of aromatic amines is 1. The molecule has 0 atom stereocenters. The van der Waals surface area contributed by atoms with E-state index in [1.165, 1.54) is 13.2 Å². The molecule has 0 saturated carbocycles. The molecule has 0 fully saturated rings. The van der Waals surface area contributed by atoms with Crippen molar-refractivity contribution in [3.05, 3.63) is 29.2 Å². The highest BCUT2D eigenvalue weighted by Gasteiger charge is 2.15. The van der Waals surface area contributed by atoms with Crippen LogP contribution in [0, 0.1) is 12.7 Å². The number of rotatable bonds is 2. The van der Waals surface area contributed by atoms with E-state index in [0.717, 1.165) is 0 Å². The van der Waals surface area contributed by atoms with Gasteiger partial charge in [-0.1, -0.05) is 0 Å². The summed E-state index contributed by atoms with van der Waals surface area (Å²) in [5, 5.41) is 0.505. The molecule has 1 aromatic heterocycles. The zero-order valence-electron chi connectivity index (χ0n) is 8.43. The molecule has 0 saturated heterocycles. The molecule has 15 heavy (non-hydrogen) atoms. The van der Waals surface area contributed by atoms with Crippen molar-refractivity contribution < 1.29 is 13.9 Å². The number of aryl methyl sites for hydroxylation is 1. The van der Waals surface area contributed by atoms with Gasteiger partial charge < -0.3 is 9.72 Å². The summed E-state index contributed by atoms with van der Waals surface area (Å²) in [5.74, 6) is -0.356. The Kier molecular flexibility index (Phi) is 2.19. The number of benzene rings is 1. The van der Waals surface area contributed by atoms with E-state index in [1.54, 1.807) is 13.0 Å². The first-order valence-corrected chi connectivity index (χ1v) is 4.49. The van der Waals surface area contributed by atoms with Gasteiger partial charge in [0.25, 0.3) is 0 Å². The number of methoxy groups -OCH3 is 1. The molecular formula is C11H10FNO2. The molecule has 78 valence electrons. The van der Waals surface area contributed by atoms with E-state index in [-0.39, 0.29) is 5.75 Å². The van der Waals surface area contributed by atoms with Crippen LogP contribution in [0.4, 0.5) is 4.39 Å². The van der Waals surface area contributed by atoms with Gasteiger partial charge in [0.1, 0.15) is 0 Å². The lowest BCUT2D eigenvalue weighted by Gasteiger charge is -2.03. The number of ether oxygens (including phenoxy) is 1. The van der Waals surface area contributed by atoms with Crippen LogP contribution in [0.25, 0.3) is 10.9 Å². The normalized spacial score (nSPS) is 10.6. The SMILES string of the molecule is COc1c(F)ccc2[nH]c(C)c(C=O)c12. The van der Waals surface area contributed by atoms with Gasteiger partial charge in [0.15, 0.2) is 17.9 Å². The van der Waals surface area contributed by atoms with E-state index in [4.69, 9.17) is 4.74 Å². The summed E-state index contributed by atoms with van der Waals surface area (Å²) in [6.07, 6.45) is 0.704. The summed E-state index contributed by atoms with van der Waals surface area (Å²) in [6.45, 7) is 1.76. The van der Waals surface area contributed by atoms with Gasteiger partial charge in [0.2, 0.25) is 0 Å². The Morgan fingerprint density at radius 3 is 2.80 bits per heavy atom. The van der Waals surface area contributed by atoms with Gasteiger partial charge in [0.05, 0.1) is 18.0 Å². The summed E-state index contributed by atoms with van der Waals surface area (Å²) in [7, 11) is 1.38. The maximum absolute atomic E-state index is 13.4. The van der Waals surface area contributed by atoms with Crippen molar-refractivity contribution in [2.24, 2.45) is 0 Å². The van der Waals surface area contributed by atoms with Gasteiger partial charge in [-0.2, -0.15) is 0 Å². The first-order valence-electron chi connectivity index (χ1n) is 4.49. The standard InChI is InChI=1S/C11H10FNO2/c1-6-7(5-14)10-9(13-6)4-3-8(12)11(10)15-2/h3-5,13H,1-2H3. The number of hydrogen-bond donors (Lipinski definition) is 1. The highest BCUT2D eigenvalue weighted by Crippen LogP contribution is 2.32. The van der Waals surface area contributed by atoms with E-state index < -0.39 is 5.82 Å². The molecule has 2 rings (SSSR count). The molecule has 0 bridgehead atoms. The number of carbonyl (C=O) groups is 1. The Hall–Kier alpha value is -1.84. The van der Waals surface area contributed by atoms with Crippen molar-refractivity contribution in [2.45, 2.75) is 6.92 Å². The maximum Gasteiger partial charge on any atom is 0.165 e. The molecular weight excluding hydrogens is 197 g/mol. The Balaban J connectivity index is 2.93. The van der Waals surface area contributed by atoms with Crippen LogP contribution in [0.1, 0.15) is 16.1 Å². The quantitative estimate of drug-likeness (QED) is 0.768. The number of carbonyl (C=O) groups excluding carboxylic acids is 1. The molecule has 2 aromatic rings. The monoisotopic (exact) mass is 207 g/mol. The molecule has 3 nitrogen and oxygen atoms in total. The van der Waals surface area contributed by atoms with Crippen molar-refractivity contribution >= 4 is 17.2 Å². The average molecular weight is 207 g/mol. The fraction of sp³-hybridized carbons (Fsp3) is 0.182. The van der Waals surface area contributed by atoms with Gasteiger partial charge in [-0.3, -0.25) is 4.79 Å². The molecule has 0 aliphatic carbocycles. The summed E-state index contributed by atoms with van der Waals surface area (Å²) in [4.78, 5) is 13.9. The van der Waals surface area contributed by atoms with Crippen molar-refractivity contribution in [1.29, 1.82) is 0 Å². The summed E-state index contributed by atoms with van der Waals surface area (Å²) < 4.78 is 18.4. The molecule has 1 aromatic carbocycles. The molecule has 0 unspecified atom stereocenters. The molecule has 4 heteroatoms. The third-order valence-electron chi connectivity index (χ3n) is 2.43. The molecule has 1 N–H and O–H groups in total. The molecule has 0 aliphatic heterocycles. The minimum Gasteiger partial charge on any atom is -0.493 e. The Labute approximate surface area is 85.9 Å². The molecule has 0 aliphatic rings. The predicted octanol–water partition coefficient (Wildman–Crippen LogP) is 2.44. The lowest BCUT2D eigenvalue weighted by atomic mass is 10.1. The second-order valence-electron chi connectivity index (χ2n) is 3.28. The highest BCUT2D eigenvalue weighted by molar-refractivity contribution is 6.02. The number of H-pyrrole nitrogens is 1. The lowest BCUT2D eigenvalue weighted by Crippen LogP contribution is -1.90. The fourth-order valence-corrected chi connectivity index (χ4v) is 1.73. The summed E-state index contributed by atoms with van der Waals surface area (Å²) in [6, 6.07) is 2.90. The van der Waals surface area contributed by atoms with Crippen LogP contribution in [0.5, 0.6) is 5.75 Å². The Morgan fingerprint density at radius 2 is 2.20 bits per heavy atom. The topological polar surface area (TPSA) is 42.1 Å². The van der Waals surface area contributed by atoms with Crippen LogP contribution in [0.3, 0.4) is 0 Å².